The summed E-state index contributed by atoms with van der Waals surface area (Å²) in [6, 6.07) is 14.4. The van der Waals surface area contributed by atoms with E-state index in [-0.39, 0.29) is 30.9 Å². The number of hydrogen-bond acceptors (Lipinski definition) is 5. The fourth-order valence-electron chi connectivity index (χ4n) is 4.95. The van der Waals surface area contributed by atoms with Crippen LogP contribution < -0.4 is 5.32 Å². The van der Waals surface area contributed by atoms with Crippen molar-refractivity contribution in [2.45, 2.75) is 38.0 Å². The summed E-state index contributed by atoms with van der Waals surface area (Å²) in [7, 11) is 1.75. The molecule has 3 aliphatic rings. The van der Waals surface area contributed by atoms with Gasteiger partial charge >= 0.3 is 6.03 Å². The number of fused-ring (bicyclic) bond motifs is 3. The number of benzene rings is 2. The number of carbonyl (C=O) groups excluding carboxylic acids is 2. The number of urea groups is 1. The van der Waals surface area contributed by atoms with Crippen LogP contribution in [0.25, 0.3) is 0 Å². The van der Waals surface area contributed by atoms with Crippen molar-refractivity contribution in [2.75, 3.05) is 20.1 Å². The quantitative estimate of drug-likeness (QED) is 0.738. The first-order chi connectivity index (χ1) is 15.5. The summed E-state index contributed by atoms with van der Waals surface area (Å²) in [4.78, 5) is 34.1. The molecule has 7 nitrogen and oxygen atoms in total. The number of nitrogens with one attached hydrogen (secondary N) is 1. The van der Waals surface area contributed by atoms with Crippen LogP contribution in [0.1, 0.15) is 17.5 Å². The Hall–Kier alpha value is -2.16. The Kier molecular flexibility index (Phi) is 5.86. The van der Waals surface area contributed by atoms with Gasteiger partial charge in [0.2, 0.25) is 0 Å². The Morgan fingerprint density at radius 1 is 0.938 bits per heavy atom. The molecular formula is C23H25Cl2N5O2. The predicted octanol–water partition coefficient (Wildman–Crippen LogP) is 3.18. The number of halogens is 2. The first-order valence-corrected chi connectivity index (χ1v) is 11.5. The lowest BCUT2D eigenvalue weighted by molar-refractivity contribution is -0.140. The second-order valence-corrected chi connectivity index (χ2v) is 9.31. The third kappa shape index (κ3) is 3.68. The lowest BCUT2D eigenvalue weighted by Gasteiger charge is -2.43. The number of hydrogen-bond donors (Lipinski definition) is 1. The summed E-state index contributed by atoms with van der Waals surface area (Å²) < 4.78 is 0. The van der Waals surface area contributed by atoms with E-state index >= 15 is 0 Å². The van der Waals surface area contributed by atoms with Crippen LogP contribution >= 0.6 is 23.2 Å². The summed E-state index contributed by atoms with van der Waals surface area (Å²) in [5.41, 5.74) is 1.80. The summed E-state index contributed by atoms with van der Waals surface area (Å²) >= 11 is 12.7. The highest BCUT2D eigenvalue weighted by molar-refractivity contribution is 6.31. The average Bonchev–Trinajstić information content (AvgIpc) is 3.19. The van der Waals surface area contributed by atoms with Gasteiger partial charge in [0.05, 0.1) is 6.54 Å². The molecule has 0 bridgehead atoms. The fraction of sp³-hybridized carbons (Fsp3) is 0.391. The maximum Gasteiger partial charge on any atom is 0.328 e. The number of imide groups is 1. The van der Waals surface area contributed by atoms with Crippen LogP contribution in [0, 0.1) is 0 Å². The molecule has 3 aliphatic heterocycles. The molecular weight excluding hydrogens is 449 g/mol. The molecule has 3 unspecified atom stereocenters. The Balaban J connectivity index is 1.40. The monoisotopic (exact) mass is 473 g/mol. The van der Waals surface area contributed by atoms with Crippen LogP contribution in [0.15, 0.2) is 48.5 Å². The van der Waals surface area contributed by atoms with Gasteiger partial charge in [0.15, 0.2) is 0 Å². The Morgan fingerprint density at radius 2 is 1.56 bits per heavy atom. The third-order valence-electron chi connectivity index (χ3n) is 6.58. The highest BCUT2D eigenvalue weighted by Gasteiger charge is 2.55. The lowest BCUT2D eigenvalue weighted by atomic mass is 10.1. The molecule has 5 rings (SSSR count). The molecule has 0 saturated carbocycles. The summed E-state index contributed by atoms with van der Waals surface area (Å²) in [6.07, 6.45) is 0.408. The zero-order chi connectivity index (χ0) is 22.4. The Labute approximate surface area is 197 Å². The highest BCUT2D eigenvalue weighted by atomic mass is 35.5. The normalized spacial score (nSPS) is 26.4. The number of likely N-dealkylation sites (N-methyl/N-ethyl adjacent to an activating group) is 1. The minimum absolute atomic E-state index is 0.144. The van der Waals surface area contributed by atoms with Crippen LogP contribution in [0.3, 0.4) is 0 Å². The maximum absolute atomic E-state index is 13.6. The second-order valence-electron chi connectivity index (χ2n) is 8.49. The zero-order valence-electron chi connectivity index (χ0n) is 17.7. The van der Waals surface area contributed by atoms with E-state index in [0.717, 1.165) is 35.7 Å². The summed E-state index contributed by atoms with van der Waals surface area (Å²) in [5.74, 6) is -0.187. The van der Waals surface area contributed by atoms with Crippen molar-refractivity contribution in [3.8, 4) is 0 Å². The van der Waals surface area contributed by atoms with E-state index in [2.05, 4.69) is 15.1 Å². The van der Waals surface area contributed by atoms with Crippen LogP contribution in [0.2, 0.25) is 10.0 Å². The van der Waals surface area contributed by atoms with Gasteiger partial charge in [0.1, 0.15) is 18.5 Å². The first-order valence-electron chi connectivity index (χ1n) is 10.8. The van der Waals surface area contributed by atoms with E-state index in [1.165, 1.54) is 4.90 Å². The molecule has 3 saturated heterocycles. The van der Waals surface area contributed by atoms with E-state index in [9.17, 15) is 9.59 Å². The average molecular weight is 474 g/mol. The van der Waals surface area contributed by atoms with Gasteiger partial charge in [-0.25, -0.2) is 4.79 Å². The van der Waals surface area contributed by atoms with Crippen molar-refractivity contribution in [3.63, 3.8) is 0 Å². The van der Waals surface area contributed by atoms with E-state index in [1.807, 2.05) is 42.5 Å². The minimum atomic E-state index is -0.445. The molecule has 2 aromatic carbocycles. The van der Waals surface area contributed by atoms with Gasteiger partial charge < -0.3 is 4.90 Å². The highest BCUT2D eigenvalue weighted by Crippen LogP contribution is 2.33. The molecule has 3 fully saturated rings. The van der Waals surface area contributed by atoms with Crippen LogP contribution in [0.4, 0.5) is 4.79 Å². The molecule has 0 aliphatic carbocycles. The second kappa shape index (κ2) is 8.65. The molecule has 1 N–H and O–H groups in total. The SMILES string of the molecule is CN1C(=O)N(Cc2ccccc2Cl)C(=O)C2C1NC1N(Cc3ccccc3Cl)CCCN21. The van der Waals surface area contributed by atoms with Gasteiger partial charge in [-0.15, -0.1) is 0 Å². The summed E-state index contributed by atoms with van der Waals surface area (Å²) in [6.45, 7) is 2.49. The number of nitrogens with zero attached hydrogens (tertiary/aromatic N) is 4. The van der Waals surface area contributed by atoms with Gasteiger partial charge in [0.25, 0.3) is 5.91 Å². The van der Waals surface area contributed by atoms with Crippen LogP contribution in [0.5, 0.6) is 0 Å². The van der Waals surface area contributed by atoms with Crippen molar-refractivity contribution in [1.29, 1.82) is 0 Å². The van der Waals surface area contributed by atoms with Gasteiger partial charge in [-0.3, -0.25) is 24.8 Å². The van der Waals surface area contributed by atoms with Gasteiger partial charge in [-0.2, -0.15) is 0 Å². The number of amides is 3. The molecule has 3 amide bonds. The van der Waals surface area contributed by atoms with Gasteiger partial charge in [-0.1, -0.05) is 59.6 Å². The molecule has 0 radical (unpaired) electrons. The molecule has 168 valence electrons. The topological polar surface area (TPSA) is 59.1 Å². The van der Waals surface area contributed by atoms with E-state index in [0.29, 0.717) is 11.6 Å². The van der Waals surface area contributed by atoms with Gasteiger partial charge in [0, 0.05) is 36.7 Å². The van der Waals surface area contributed by atoms with E-state index < -0.39 is 6.04 Å². The zero-order valence-corrected chi connectivity index (χ0v) is 19.3. The van der Waals surface area contributed by atoms with Crippen molar-refractivity contribution in [2.24, 2.45) is 0 Å². The van der Waals surface area contributed by atoms with E-state index in [4.69, 9.17) is 23.2 Å². The molecule has 2 aromatic rings. The Bertz CT molecular complexity index is 1050. The molecule has 0 spiro atoms. The van der Waals surface area contributed by atoms with Crippen molar-refractivity contribution >= 4 is 35.1 Å². The van der Waals surface area contributed by atoms with Crippen LogP contribution in [-0.4, -0.2) is 70.2 Å². The largest absolute Gasteiger partial charge is 0.328 e. The number of rotatable bonds is 4. The smallest absolute Gasteiger partial charge is 0.310 e. The molecule has 0 aromatic heterocycles. The van der Waals surface area contributed by atoms with E-state index in [1.54, 1.807) is 18.0 Å². The molecule has 9 heteroatoms. The third-order valence-corrected chi connectivity index (χ3v) is 7.32. The number of carbonyl (C=O) groups is 2. The predicted molar refractivity (Wildman–Crippen MR) is 123 cm³/mol. The van der Waals surface area contributed by atoms with Crippen LogP contribution in [-0.2, 0) is 17.9 Å². The maximum atomic E-state index is 13.6. The molecule has 3 heterocycles. The Morgan fingerprint density at radius 3 is 2.22 bits per heavy atom. The van der Waals surface area contributed by atoms with Gasteiger partial charge in [-0.05, 0) is 29.7 Å². The lowest BCUT2D eigenvalue weighted by Crippen LogP contribution is -2.66. The fourth-order valence-corrected chi connectivity index (χ4v) is 5.34. The van der Waals surface area contributed by atoms with Crippen molar-refractivity contribution in [1.82, 2.24) is 24.9 Å². The van der Waals surface area contributed by atoms with Crippen molar-refractivity contribution < 1.29 is 9.59 Å². The molecule has 32 heavy (non-hydrogen) atoms. The van der Waals surface area contributed by atoms with Crippen molar-refractivity contribution in [3.05, 3.63) is 69.7 Å². The first kappa shape index (κ1) is 21.7. The molecule has 3 atom stereocenters. The summed E-state index contributed by atoms with van der Waals surface area (Å²) in [5, 5.41) is 4.81. The standard InChI is InChI=1S/C23H25Cl2N5O2/c1-27-20-19(21(31)30(23(27)32)14-16-8-3-5-10-18(16)25)29-12-6-11-28(22(29)26-20)13-15-7-2-4-9-17(15)24/h2-5,7-10,19-20,22,26H,6,11-14H2,1H3. The minimum Gasteiger partial charge on any atom is -0.310 e.